The number of nitro benzene ring substituents is 1. The zero-order chi connectivity index (χ0) is 14.5. The van der Waals surface area contributed by atoms with E-state index in [1.165, 1.54) is 12.1 Å². The van der Waals surface area contributed by atoms with Crippen LogP contribution in [0.15, 0.2) is 18.2 Å². The Bertz CT molecular complexity index is 541. The van der Waals surface area contributed by atoms with E-state index in [0.717, 1.165) is 6.54 Å². The molecule has 20 heavy (non-hydrogen) atoms. The topological polar surface area (TPSA) is 97.4 Å². The van der Waals surface area contributed by atoms with E-state index in [9.17, 15) is 10.1 Å². The minimum atomic E-state index is -0.591. The van der Waals surface area contributed by atoms with Gasteiger partial charge in [-0.2, -0.15) is 5.26 Å². The first-order valence-electron chi connectivity index (χ1n) is 6.27. The summed E-state index contributed by atoms with van der Waals surface area (Å²) < 4.78 is 11.2. The molecule has 1 fully saturated rings. The van der Waals surface area contributed by atoms with Gasteiger partial charge >= 0.3 is 0 Å². The number of nitro groups is 1. The first-order valence-corrected chi connectivity index (χ1v) is 6.27. The molecule has 0 aromatic heterocycles. The smallest absolute Gasteiger partial charge is 0.290 e. The molecule has 0 bridgehead atoms. The van der Waals surface area contributed by atoms with Crippen LogP contribution in [0.2, 0.25) is 0 Å². The standard InChI is InChI=1S/C13H15N3O4/c1-9-6-15-7-12(20-9)8-19-11-3-2-10(5-14)13(4-11)16(17)18/h2-4,9,12,15H,6-8H2,1H3. The monoisotopic (exact) mass is 277 g/mol. The SMILES string of the molecule is CC1CNCC(COc2ccc(C#N)c([N+](=O)[O-])c2)O1. The van der Waals surface area contributed by atoms with Gasteiger partial charge in [-0.15, -0.1) is 0 Å². The molecule has 2 atom stereocenters. The molecular formula is C13H15N3O4. The van der Waals surface area contributed by atoms with Crippen LogP contribution < -0.4 is 10.1 Å². The minimum Gasteiger partial charge on any atom is -0.491 e. The third kappa shape index (κ3) is 3.44. The van der Waals surface area contributed by atoms with E-state index < -0.39 is 4.92 Å². The number of rotatable bonds is 4. The number of ether oxygens (including phenoxy) is 2. The van der Waals surface area contributed by atoms with Gasteiger partial charge in [0.05, 0.1) is 17.1 Å². The van der Waals surface area contributed by atoms with Gasteiger partial charge in [-0.05, 0) is 19.1 Å². The lowest BCUT2D eigenvalue weighted by Gasteiger charge is -2.28. The summed E-state index contributed by atoms with van der Waals surface area (Å²) in [5, 5.41) is 22.9. The summed E-state index contributed by atoms with van der Waals surface area (Å²) in [6.45, 7) is 3.76. The zero-order valence-corrected chi connectivity index (χ0v) is 11.0. The predicted molar refractivity (Wildman–Crippen MR) is 70.5 cm³/mol. The number of hydrogen-bond acceptors (Lipinski definition) is 6. The number of nitriles is 1. The molecule has 7 nitrogen and oxygen atoms in total. The molecule has 7 heteroatoms. The fourth-order valence-electron chi connectivity index (χ4n) is 2.01. The highest BCUT2D eigenvalue weighted by Crippen LogP contribution is 2.24. The van der Waals surface area contributed by atoms with Crippen molar-refractivity contribution in [3.63, 3.8) is 0 Å². The van der Waals surface area contributed by atoms with Gasteiger partial charge in [0.25, 0.3) is 5.69 Å². The second kappa shape index (κ2) is 6.32. The van der Waals surface area contributed by atoms with Crippen LogP contribution in [0.3, 0.4) is 0 Å². The average Bonchev–Trinajstić information content (AvgIpc) is 2.45. The number of nitrogens with one attached hydrogen (secondary N) is 1. The normalized spacial score (nSPS) is 22.0. The lowest BCUT2D eigenvalue weighted by atomic mass is 10.2. The van der Waals surface area contributed by atoms with Gasteiger partial charge in [0.1, 0.15) is 30.1 Å². The molecule has 0 amide bonds. The largest absolute Gasteiger partial charge is 0.491 e. The van der Waals surface area contributed by atoms with Crippen molar-refractivity contribution in [3.8, 4) is 11.8 Å². The van der Waals surface area contributed by atoms with Gasteiger partial charge in [-0.3, -0.25) is 10.1 Å². The van der Waals surface area contributed by atoms with E-state index in [0.29, 0.717) is 18.9 Å². The van der Waals surface area contributed by atoms with Gasteiger partial charge in [0.2, 0.25) is 0 Å². The van der Waals surface area contributed by atoms with Gasteiger partial charge in [0.15, 0.2) is 0 Å². The van der Waals surface area contributed by atoms with Gasteiger partial charge < -0.3 is 14.8 Å². The second-order valence-corrected chi connectivity index (χ2v) is 4.59. The Labute approximate surface area is 116 Å². The number of benzene rings is 1. The third-order valence-electron chi connectivity index (χ3n) is 2.95. The van der Waals surface area contributed by atoms with Crippen LogP contribution in [0.4, 0.5) is 5.69 Å². The molecule has 1 aliphatic heterocycles. The van der Waals surface area contributed by atoms with E-state index >= 15 is 0 Å². The molecule has 1 saturated heterocycles. The molecule has 2 unspecified atom stereocenters. The maximum absolute atomic E-state index is 10.8. The van der Waals surface area contributed by atoms with E-state index in [1.54, 1.807) is 12.1 Å². The molecule has 0 radical (unpaired) electrons. The number of nitrogens with zero attached hydrogens (tertiary/aromatic N) is 2. The fraction of sp³-hybridized carbons (Fsp3) is 0.462. The second-order valence-electron chi connectivity index (χ2n) is 4.59. The van der Waals surface area contributed by atoms with Crippen molar-refractivity contribution in [2.24, 2.45) is 0 Å². The summed E-state index contributed by atoms with van der Waals surface area (Å²) in [7, 11) is 0. The molecule has 1 N–H and O–H groups in total. The Hall–Kier alpha value is -2.17. The summed E-state index contributed by atoms with van der Waals surface area (Å²) in [5.74, 6) is 0.359. The number of morpholine rings is 1. The maximum atomic E-state index is 10.8. The molecule has 1 aromatic carbocycles. The predicted octanol–water partition coefficient (Wildman–Crippen LogP) is 1.22. The highest BCUT2D eigenvalue weighted by Gasteiger charge is 2.20. The highest BCUT2D eigenvalue weighted by molar-refractivity contribution is 5.52. The van der Waals surface area contributed by atoms with Crippen LogP contribution in [0.1, 0.15) is 12.5 Å². The van der Waals surface area contributed by atoms with Crippen molar-refractivity contribution >= 4 is 5.69 Å². The molecule has 0 spiro atoms. The molecule has 1 heterocycles. The van der Waals surface area contributed by atoms with Crippen LogP contribution >= 0.6 is 0 Å². The Morgan fingerprint density at radius 1 is 1.60 bits per heavy atom. The van der Waals surface area contributed by atoms with Crippen LogP contribution in [-0.4, -0.2) is 36.8 Å². The van der Waals surface area contributed by atoms with Gasteiger partial charge in [-0.1, -0.05) is 0 Å². The first kappa shape index (κ1) is 14.2. The fourth-order valence-corrected chi connectivity index (χ4v) is 2.01. The van der Waals surface area contributed by atoms with E-state index in [1.807, 2.05) is 6.92 Å². The van der Waals surface area contributed by atoms with Crippen LogP contribution in [0.5, 0.6) is 5.75 Å². The third-order valence-corrected chi connectivity index (χ3v) is 2.95. The van der Waals surface area contributed by atoms with Crippen molar-refractivity contribution in [1.82, 2.24) is 5.32 Å². The van der Waals surface area contributed by atoms with Crippen LogP contribution in [0, 0.1) is 21.4 Å². The summed E-state index contributed by atoms with van der Waals surface area (Å²) in [6, 6.07) is 5.98. The summed E-state index contributed by atoms with van der Waals surface area (Å²) >= 11 is 0. The quantitative estimate of drug-likeness (QED) is 0.656. The van der Waals surface area contributed by atoms with Gasteiger partial charge in [-0.25, -0.2) is 0 Å². The molecular weight excluding hydrogens is 262 g/mol. The molecule has 106 valence electrons. The number of hydrogen-bond donors (Lipinski definition) is 1. The summed E-state index contributed by atoms with van der Waals surface area (Å²) in [5.41, 5.74) is -0.229. The van der Waals surface area contributed by atoms with Crippen molar-refractivity contribution in [2.45, 2.75) is 19.1 Å². The molecule has 2 rings (SSSR count). The van der Waals surface area contributed by atoms with Crippen molar-refractivity contribution < 1.29 is 14.4 Å². The van der Waals surface area contributed by atoms with E-state index in [-0.39, 0.29) is 23.5 Å². The molecule has 0 aliphatic carbocycles. The lowest BCUT2D eigenvalue weighted by Crippen LogP contribution is -2.45. The van der Waals surface area contributed by atoms with Crippen molar-refractivity contribution in [2.75, 3.05) is 19.7 Å². The Morgan fingerprint density at radius 3 is 3.05 bits per heavy atom. The zero-order valence-electron chi connectivity index (χ0n) is 11.0. The summed E-state index contributed by atoms with van der Waals surface area (Å²) in [6.07, 6.45) is 0.0288. The Morgan fingerprint density at radius 2 is 2.40 bits per heavy atom. The maximum Gasteiger partial charge on any atom is 0.290 e. The van der Waals surface area contributed by atoms with E-state index in [2.05, 4.69) is 5.32 Å². The van der Waals surface area contributed by atoms with Gasteiger partial charge in [0, 0.05) is 13.1 Å². The van der Waals surface area contributed by atoms with Crippen LogP contribution in [-0.2, 0) is 4.74 Å². The highest BCUT2D eigenvalue weighted by atomic mass is 16.6. The molecule has 1 aliphatic rings. The lowest BCUT2D eigenvalue weighted by molar-refractivity contribution is -0.385. The summed E-state index contributed by atoms with van der Waals surface area (Å²) in [4.78, 5) is 10.3. The Kier molecular flexibility index (Phi) is 4.50. The molecule has 0 saturated carbocycles. The van der Waals surface area contributed by atoms with Crippen molar-refractivity contribution in [3.05, 3.63) is 33.9 Å². The van der Waals surface area contributed by atoms with E-state index in [4.69, 9.17) is 14.7 Å². The molecule has 1 aromatic rings. The average molecular weight is 277 g/mol. The minimum absolute atomic E-state index is 0.0200. The Balaban J connectivity index is 2.01. The van der Waals surface area contributed by atoms with Crippen LogP contribution in [0.25, 0.3) is 0 Å². The van der Waals surface area contributed by atoms with Crippen molar-refractivity contribution in [1.29, 1.82) is 5.26 Å². The first-order chi connectivity index (χ1) is 9.60.